The van der Waals surface area contributed by atoms with E-state index < -0.39 is 0 Å². The Morgan fingerprint density at radius 1 is 1.11 bits per heavy atom. The summed E-state index contributed by atoms with van der Waals surface area (Å²) in [7, 11) is 0. The number of amides is 1. The minimum atomic E-state index is 0.0420. The Kier molecular flexibility index (Phi) is 5.20. The summed E-state index contributed by atoms with van der Waals surface area (Å²) in [5.41, 5.74) is 3.37. The molecule has 3 nitrogen and oxygen atoms in total. The number of ether oxygens (including phenoxy) is 1. The first kappa shape index (κ1) is 14.6. The molecule has 1 aromatic carbocycles. The molecule has 3 heteroatoms. The number of carbonyl (C=O) groups excluding carboxylic acids is 1. The van der Waals surface area contributed by atoms with Crippen LogP contribution in [0.3, 0.4) is 0 Å². The fraction of sp³-hybridized carbons (Fsp3) is 0.533. The first-order valence-electron chi connectivity index (χ1n) is 6.48. The summed E-state index contributed by atoms with van der Waals surface area (Å²) in [6.45, 7) is 11.6. The second kappa shape index (κ2) is 6.43. The summed E-state index contributed by atoms with van der Waals surface area (Å²) in [6.07, 6.45) is 0. The molecule has 0 aliphatic carbocycles. The van der Waals surface area contributed by atoms with Crippen molar-refractivity contribution in [3.63, 3.8) is 0 Å². The van der Waals surface area contributed by atoms with Crippen LogP contribution < -0.4 is 4.74 Å². The third kappa shape index (κ3) is 3.25. The molecule has 0 unspecified atom stereocenters. The highest BCUT2D eigenvalue weighted by Crippen LogP contribution is 2.25. The van der Waals surface area contributed by atoms with Crippen LogP contribution in [-0.4, -0.2) is 30.5 Å². The lowest BCUT2D eigenvalue weighted by molar-refractivity contribution is -0.132. The zero-order valence-corrected chi connectivity index (χ0v) is 12.0. The molecule has 0 spiro atoms. The Balaban J connectivity index is 2.75. The number of likely N-dealkylation sites (N-methyl/N-ethyl adjacent to an activating group) is 1. The number of aryl methyl sites for hydroxylation is 2. The van der Waals surface area contributed by atoms with Gasteiger partial charge in [0.25, 0.3) is 5.91 Å². The molecule has 0 saturated heterocycles. The van der Waals surface area contributed by atoms with Crippen LogP contribution in [0.15, 0.2) is 12.1 Å². The number of hydrogen-bond acceptors (Lipinski definition) is 2. The van der Waals surface area contributed by atoms with Crippen molar-refractivity contribution in [2.24, 2.45) is 0 Å². The molecular weight excluding hydrogens is 226 g/mol. The van der Waals surface area contributed by atoms with Gasteiger partial charge in [-0.3, -0.25) is 4.79 Å². The second-order valence-electron chi connectivity index (χ2n) is 4.51. The molecule has 0 atom stereocenters. The van der Waals surface area contributed by atoms with E-state index in [2.05, 4.69) is 6.07 Å². The number of hydrogen-bond donors (Lipinski definition) is 0. The van der Waals surface area contributed by atoms with E-state index in [1.807, 2.05) is 40.7 Å². The summed E-state index contributed by atoms with van der Waals surface area (Å²) >= 11 is 0. The van der Waals surface area contributed by atoms with Gasteiger partial charge in [-0.15, -0.1) is 0 Å². The van der Waals surface area contributed by atoms with Crippen molar-refractivity contribution in [3.05, 3.63) is 28.8 Å². The van der Waals surface area contributed by atoms with Crippen LogP contribution in [0, 0.1) is 20.8 Å². The Morgan fingerprint density at radius 2 is 1.67 bits per heavy atom. The van der Waals surface area contributed by atoms with Gasteiger partial charge in [0.1, 0.15) is 5.75 Å². The first-order valence-corrected chi connectivity index (χ1v) is 6.48. The zero-order valence-electron chi connectivity index (χ0n) is 12.0. The maximum atomic E-state index is 11.9. The molecule has 0 aliphatic heterocycles. The Hall–Kier alpha value is -1.51. The SMILES string of the molecule is CCN(CC)C(=O)COc1c(C)ccc(C)c1C. The van der Waals surface area contributed by atoms with Crippen LogP contribution in [0.25, 0.3) is 0 Å². The summed E-state index contributed by atoms with van der Waals surface area (Å²) < 4.78 is 5.70. The monoisotopic (exact) mass is 249 g/mol. The number of benzene rings is 1. The first-order chi connectivity index (χ1) is 8.51. The van der Waals surface area contributed by atoms with Crippen molar-refractivity contribution in [3.8, 4) is 5.75 Å². The van der Waals surface area contributed by atoms with Crippen LogP contribution in [0.4, 0.5) is 0 Å². The molecule has 1 amide bonds. The largest absolute Gasteiger partial charge is 0.483 e. The molecule has 0 bridgehead atoms. The molecule has 0 fully saturated rings. The van der Waals surface area contributed by atoms with E-state index in [1.54, 1.807) is 4.90 Å². The maximum absolute atomic E-state index is 11.9. The van der Waals surface area contributed by atoms with Gasteiger partial charge < -0.3 is 9.64 Å². The van der Waals surface area contributed by atoms with Gasteiger partial charge >= 0.3 is 0 Å². The molecular formula is C15H23NO2. The van der Waals surface area contributed by atoms with Crippen molar-refractivity contribution in [2.75, 3.05) is 19.7 Å². The molecule has 0 aliphatic rings. The predicted molar refractivity (Wildman–Crippen MR) is 74.1 cm³/mol. The number of rotatable bonds is 5. The van der Waals surface area contributed by atoms with E-state index in [9.17, 15) is 4.79 Å². The fourth-order valence-electron chi connectivity index (χ4n) is 1.95. The lowest BCUT2D eigenvalue weighted by Crippen LogP contribution is -2.34. The Labute approximate surface area is 110 Å². The molecule has 1 aromatic rings. The van der Waals surface area contributed by atoms with Gasteiger partial charge in [-0.2, -0.15) is 0 Å². The van der Waals surface area contributed by atoms with Crippen molar-refractivity contribution >= 4 is 5.91 Å². The minimum absolute atomic E-state index is 0.0420. The summed E-state index contributed by atoms with van der Waals surface area (Å²) in [6, 6.07) is 4.10. The Morgan fingerprint density at radius 3 is 2.22 bits per heavy atom. The van der Waals surface area contributed by atoms with E-state index in [4.69, 9.17) is 4.74 Å². The predicted octanol–water partition coefficient (Wildman–Crippen LogP) is 2.86. The Bertz CT molecular complexity index is 423. The fourth-order valence-corrected chi connectivity index (χ4v) is 1.95. The molecule has 0 N–H and O–H groups in total. The zero-order chi connectivity index (χ0) is 13.7. The van der Waals surface area contributed by atoms with E-state index in [0.717, 1.165) is 30.0 Å². The lowest BCUT2D eigenvalue weighted by Gasteiger charge is -2.20. The van der Waals surface area contributed by atoms with Crippen molar-refractivity contribution < 1.29 is 9.53 Å². The third-order valence-corrected chi connectivity index (χ3v) is 3.33. The quantitative estimate of drug-likeness (QED) is 0.803. The molecule has 0 radical (unpaired) electrons. The van der Waals surface area contributed by atoms with E-state index in [1.165, 1.54) is 5.56 Å². The van der Waals surface area contributed by atoms with Crippen molar-refractivity contribution in [1.82, 2.24) is 4.90 Å². The van der Waals surface area contributed by atoms with Crippen LogP contribution in [0.2, 0.25) is 0 Å². The average Bonchev–Trinajstić information content (AvgIpc) is 2.35. The average molecular weight is 249 g/mol. The van der Waals surface area contributed by atoms with Crippen molar-refractivity contribution in [2.45, 2.75) is 34.6 Å². The topological polar surface area (TPSA) is 29.5 Å². The summed E-state index contributed by atoms with van der Waals surface area (Å²) in [5, 5.41) is 0. The molecule has 0 heterocycles. The molecule has 1 rings (SSSR count). The van der Waals surface area contributed by atoms with Crippen LogP contribution in [0.5, 0.6) is 5.75 Å². The van der Waals surface area contributed by atoms with Gasteiger partial charge in [0.2, 0.25) is 0 Å². The number of carbonyl (C=O) groups is 1. The molecule has 100 valence electrons. The van der Waals surface area contributed by atoms with Gasteiger partial charge in [-0.1, -0.05) is 12.1 Å². The molecule has 0 aromatic heterocycles. The van der Waals surface area contributed by atoms with Crippen molar-refractivity contribution in [1.29, 1.82) is 0 Å². The van der Waals surface area contributed by atoms with Gasteiger partial charge in [-0.25, -0.2) is 0 Å². The van der Waals surface area contributed by atoms with Gasteiger partial charge in [0.15, 0.2) is 6.61 Å². The number of nitrogens with zero attached hydrogens (tertiary/aromatic N) is 1. The highest BCUT2D eigenvalue weighted by Gasteiger charge is 2.12. The van der Waals surface area contributed by atoms with E-state index in [-0.39, 0.29) is 12.5 Å². The van der Waals surface area contributed by atoms with Crippen LogP contribution in [-0.2, 0) is 4.79 Å². The highest BCUT2D eigenvalue weighted by molar-refractivity contribution is 5.77. The maximum Gasteiger partial charge on any atom is 0.260 e. The van der Waals surface area contributed by atoms with Gasteiger partial charge in [-0.05, 0) is 51.3 Å². The van der Waals surface area contributed by atoms with Crippen LogP contribution in [0.1, 0.15) is 30.5 Å². The second-order valence-corrected chi connectivity index (χ2v) is 4.51. The molecule has 0 saturated carbocycles. The molecule has 18 heavy (non-hydrogen) atoms. The smallest absolute Gasteiger partial charge is 0.260 e. The minimum Gasteiger partial charge on any atom is -0.483 e. The van der Waals surface area contributed by atoms with E-state index in [0.29, 0.717) is 0 Å². The van der Waals surface area contributed by atoms with Gasteiger partial charge in [0, 0.05) is 13.1 Å². The van der Waals surface area contributed by atoms with Gasteiger partial charge in [0.05, 0.1) is 0 Å². The normalized spacial score (nSPS) is 10.3. The van der Waals surface area contributed by atoms with E-state index >= 15 is 0 Å². The third-order valence-electron chi connectivity index (χ3n) is 3.33. The highest BCUT2D eigenvalue weighted by atomic mass is 16.5. The lowest BCUT2D eigenvalue weighted by atomic mass is 10.1. The summed E-state index contributed by atoms with van der Waals surface area (Å²) in [5.74, 6) is 0.885. The van der Waals surface area contributed by atoms with Crippen LogP contribution >= 0.6 is 0 Å². The standard InChI is InChI=1S/C15H23NO2/c1-6-16(7-2)14(17)10-18-15-12(4)9-8-11(3)13(15)5/h8-9H,6-7,10H2,1-5H3. The summed E-state index contributed by atoms with van der Waals surface area (Å²) in [4.78, 5) is 13.7.